The largest absolute Gasteiger partial charge is 0.467 e. The molecule has 0 saturated carbocycles. The minimum absolute atomic E-state index is 0.199. The van der Waals surface area contributed by atoms with Crippen LogP contribution in [0.15, 0.2) is 47.2 Å². The molecule has 0 bridgehead atoms. The molecule has 1 amide bonds. The molecule has 0 fully saturated rings. The van der Waals surface area contributed by atoms with E-state index in [9.17, 15) is 4.79 Å². The Labute approximate surface area is 149 Å². The van der Waals surface area contributed by atoms with E-state index in [1.54, 1.807) is 41.4 Å². The van der Waals surface area contributed by atoms with Gasteiger partial charge in [-0.3, -0.25) is 4.79 Å². The zero-order valence-electron chi connectivity index (χ0n) is 12.9. The number of aromatic nitrogens is 2. The fraction of sp³-hybridized carbons (Fsp3) is 0.176. The van der Waals surface area contributed by atoms with Crippen molar-refractivity contribution in [3.63, 3.8) is 0 Å². The number of hydrogen-bond acceptors (Lipinski definition) is 3. The monoisotopic (exact) mass is 363 g/mol. The van der Waals surface area contributed by atoms with Crippen LogP contribution in [0.5, 0.6) is 0 Å². The van der Waals surface area contributed by atoms with Crippen LogP contribution in [0.1, 0.15) is 28.7 Å². The molecule has 0 aliphatic carbocycles. The van der Waals surface area contributed by atoms with Crippen LogP contribution in [0, 0.1) is 0 Å². The van der Waals surface area contributed by atoms with Crippen LogP contribution in [0.2, 0.25) is 10.0 Å². The highest BCUT2D eigenvalue weighted by Gasteiger charge is 2.17. The van der Waals surface area contributed by atoms with Gasteiger partial charge in [-0.25, -0.2) is 4.68 Å². The molecule has 3 rings (SSSR count). The molecule has 0 spiro atoms. The molecule has 0 aliphatic heterocycles. The van der Waals surface area contributed by atoms with E-state index >= 15 is 0 Å². The average molecular weight is 364 g/mol. The van der Waals surface area contributed by atoms with Crippen molar-refractivity contribution in [3.8, 4) is 5.69 Å². The van der Waals surface area contributed by atoms with Gasteiger partial charge in [-0.2, -0.15) is 5.10 Å². The number of rotatable bonds is 5. The molecule has 3 aromatic rings. The molecule has 24 heavy (non-hydrogen) atoms. The molecule has 0 aliphatic rings. The van der Waals surface area contributed by atoms with Gasteiger partial charge in [0, 0.05) is 0 Å². The van der Waals surface area contributed by atoms with Gasteiger partial charge in [0.25, 0.3) is 5.91 Å². The van der Waals surface area contributed by atoms with E-state index in [2.05, 4.69) is 10.4 Å². The maximum atomic E-state index is 12.4. The van der Waals surface area contributed by atoms with Crippen LogP contribution >= 0.6 is 23.2 Å². The summed E-state index contributed by atoms with van der Waals surface area (Å²) in [5, 5.41) is 8.07. The number of nitrogens with zero attached hydrogens (tertiary/aromatic N) is 2. The van der Waals surface area contributed by atoms with Gasteiger partial charge in [-0.15, -0.1) is 0 Å². The Kier molecular flexibility index (Phi) is 4.92. The molecule has 1 N–H and O–H groups in total. The van der Waals surface area contributed by atoms with E-state index in [0.717, 1.165) is 11.4 Å². The highest BCUT2D eigenvalue weighted by atomic mass is 35.5. The van der Waals surface area contributed by atoms with Crippen molar-refractivity contribution in [2.75, 3.05) is 0 Å². The van der Waals surface area contributed by atoms with Gasteiger partial charge in [0.1, 0.15) is 5.76 Å². The molecular formula is C17H15Cl2N3O2. The molecule has 0 unspecified atom stereocenters. The number of carbonyl (C=O) groups is 1. The zero-order chi connectivity index (χ0) is 17.1. The summed E-state index contributed by atoms with van der Waals surface area (Å²) in [7, 11) is 0. The summed E-state index contributed by atoms with van der Waals surface area (Å²) in [4.78, 5) is 12.4. The summed E-state index contributed by atoms with van der Waals surface area (Å²) < 4.78 is 6.91. The molecule has 0 atom stereocenters. The summed E-state index contributed by atoms with van der Waals surface area (Å²) in [5.41, 5.74) is 2.08. The Morgan fingerprint density at radius 1 is 1.29 bits per heavy atom. The van der Waals surface area contributed by atoms with E-state index in [1.807, 2.05) is 13.0 Å². The first kappa shape index (κ1) is 16.6. The Bertz CT molecular complexity index is 857. The van der Waals surface area contributed by atoms with Crippen molar-refractivity contribution in [2.45, 2.75) is 19.9 Å². The lowest BCUT2D eigenvalue weighted by atomic mass is 10.2. The second-order valence-electron chi connectivity index (χ2n) is 5.13. The van der Waals surface area contributed by atoms with Gasteiger partial charge in [0.15, 0.2) is 0 Å². The van der Waals surface area contributed by atoms with E-state index in [1.165, 1.54) is 0 Å². The molecule has 7 heteroatoms. The Balaban J connectivity index is 1.85. The maximum Gasteiger partial charge on any atom is 0.255 e. The molecular weight excluding hydrogens is 349 g/mol. The third-order valence-electron chi connectivity index (χ3n) is 3.60. The van der Waals surface area contributed by atoms with E-state index in [4.69, 9.17) is 27.6 Å². The first-order chi connectivity index (χ1) is 11.6. The van der Waals surface area contributed by atoms with Gasteiger partial charge in [0.2, 0.25) is 0 Å². The standard InChI is InChI=1S/C17H15Cl2N3O2/c1-2-16-13(17(23)20-9-12-4-3-7-24-12)10-21-22(16)11-5-6-14(18)15(19)8-11/h3-8,10H,2,9H2,1H3,(H,20,23). The van der Waals surface area contributed by atoms with Crippen molar-refractivity contribution >= 4 is 29.1 Å². The summed E-state index contributed by atoms with van der Waals surface area (Å²) in [6, 6.07) is 8.82. The van der Waals surface area contributed by atoms with Crippen LogP contribution < -0.4 is 5.32 Å². The smallest absolute Gasteiger partial charge is 0.255 e. The number of furan rings is 1. The fourth-order valence-electron chi connectivity index (χ4n) is 2.42. The maximum absolute atomic E-state index is 12.4. The van der Waals surface area contributed by atoms with Crippen LogP contribution in [0.3, 0.4) is 0 Å². The first-order valence-corrected chi connectivity index (χ1v) is 8.18. The number of benzene rings is 1. The van der Waals surface area contributed by atoms with E-state index in [-0.39, 0.29) is 5.91 Å². The van der Waals surface area contributed by atoms with Crippen LogP contribution in [0.25, 0.3) is 5.69 Å². The van der Waals surface area contributed by atoms with E-state index in [0.29, 0.717) is 34.3 Å². The Morgan fingerprint density at radius 3 is 2.79 bits per heavy atom. The molecule has 1 aromatic carbocycles. The molecule has 2 aromatic heterocycles. The Hall–Kier alpha value is -2.24. The van der Waals surface area contributed by atoms with Crippen molar-refractivity contribution in [2.24, 2.45) is 0 Å². The van der Waals surface area contributed by atoms with Gasteiger partial charge in [-0.1, -0.05) is 30.1 Å². The summed E-state index contributed by atoms with van der Waals surface area (Å²) in [6.45, 7) is 2.29. The number of amides is 1. The van der Waals surface area contributed by atoms with Gasteiger partial charge >= 0.3 is 0 Å². The molecule has 5 nitrogen and oxygen atoms in total. The van der Waals surface area contributed by atoms with Crippen LogP contribution in [0.4, 0.5) is 0 Å². The summed E-state index contributed by atoms with van der Waals surface area (Å²) >= 11 is 12.0. The number of nitrogens with one attached hydrogen (secondary N) is 1. The zero-order valence-corrected chi connectivity index (χ0v) is 14.4. The van der Waals surface area contributed by atoms with Crippen LogP contribution in [-0.4, -0.2) is 15.7 Å². The molecule has 124 valence electrons. The first-order valence-electron chi connectivity index (χ1n) is 7.43. The predicted molar refractivity (Wildman–Crippen MR) is 92.8 cm³/mol. The number of carbonyl (C=O) groups excluding carboxylic acids is 1. The van der Waals surface area contributed by atoms with Crippen molar-refractivity contribution in [1.29, 1.82) is 0 Å². The lowest BCUT2D eigenvalue weighted by Crippen LogP contribution is -2.23. The minimum Gasteiger partial charge on any atom is -0.467 e. The van der Waals surface area contributed by atoms with Gasteiger partial charge in [-0.05, 0) is 36.8 Å². The van der Waals surface area contributed by atoms with Gasteiger partial charge in [0.05, 0.1) is 46.0 Å². The lowest BCUT2D eigenvalue weighted by Gasteiger charge is -2.09. The van der Waals surface area contributed by atoms with Crippen molar-refractivity contribution < 1.29 is 9.21 Å². The summed E-state index contributed by atoms with van der Waals surface area (Å²) in [6.07, 6.45) is 3.77. The third-order valence-corrected chi connectivity index (χ3v) is 4.34. The number of halogens is 2. The topological polar surface area (TPSA) is 60.1 Å². The van der Waals surface area contributed by atoms with Crippen molar-refractivity contribution in [1.82, 2.24) is 15.1 Å². The van der Waals surface area contributed by atoms with Crippen molar-refractivity contribution in [3.05, 3.63) is 69.9 Å². The van der Waals surface area contributed by atoms with E-state index < -0.39 is 0 Å². The highest BCUT2D eigenvalue weighted by molar-refractivity contribution is 6.42. The lowest BCUT2D eigenvalue weighted by molar-refractivity contribution is 0.0947. The minimum atomic E-state index is -0.199. The Morgan fingerprint density at radius 2 is 2.12 bits per heavy atom. The highest BCUT2D eigenvalue weighted by Crippen LogP contribution is 2.25. The number of hydrogen-bond donors (Lipinski definition) is 1. The fourth-order valence-corrected chi connectivity index (χ4v) is 2.71. The van der Waals surface area contributed by atoms with Gasteiger partial charge < -0.3 is 9.73 Å². The molecule has 0 saturated heterocycles. The molecule has 0 radical (unpaired) electrons. The average Bonchev–Trinajstić information content (AvgIpc) is 3.24. The third kappa shape index (κ3) is 3.32. The second kappa shape index (κ2) is 7.11. The SMILES string of the molecule is CCc1c(C(=O)NCc2ccco2)cnn1-c1ccc(Cl)c(Cl)c1. The summed E-state index contributed by atoms with van der Waals surface area (Å²) in [5.74, 6) is 0.493. The van der Waals surface area contributed by atoms with Crippen LogP contribution in [-0.2, 0) is 13.0 Å². The second-order valence-corrected chi connectivity index (χ2v) is 5.95. The quantitative estimate of drug-likeness (QED) is 0.736. The normalized spacial score (nSPS) is 10.8. The predicted octanol–water partition coefficient (Wildman–Crippen LogP) is 4.26. The molecule has 2 heterocycles.